The van der Waals surface area contributed by atoms with Crippen LogP contribution in [-0.4, -0.2) is 99.3 Å². The Morgan fingerprint density at radius 1 is 0.949 bits per heavy atom. The number of alkyl halides is 6. The van der Waals surface area contributed by atoms with Crippen LogP contribution in [-0.2, 0) is 20.7 Å². The normalized spacial score (nSPS) is 19.8. The zero-order valence-corrected chi connectivity index (χ0v) is 20.7. The number of nitrogens with zero attached hydrogens (tertiary/aromatic N) is 5. The Labute approximate surface area is 219 Å². The number of aromatic nitrogens is 3. The fourth-order valence-electron chi connectivity index (χ4n) is 3.96. The molecule has 16 heteroatoms. The van der Waals surface area contributed by atoms with Gasteiger partial charge in [0.25, 0.3) is 0 Å². The Hall–Kier alpha value is -3.53. The molecule has 4 heterocycles. The van der Waals surface area contributed by atoms with Crippen LogP contribution in [0.25, 0.3) is 0 Å². The summed E-state index contributed by atoms with van der Waals surface area (Å²) in [6.45, 7) is 6.72. The Kier molecular flexibility index (Phi) is 11.4. The molecule has 2 aliphatic heterocycles. The molecule has 0 aliphatic carbocycles. The quantitative estimate of drug-likeness (QED) is 0.532. The van der Waals surface area contributed by atoms with Crippen molar-refractivity contribution in [2.24, 2.45) is 0 Å². The van der Waals surface area contributed by atoms with Crippen molar-refractivity contribution in [3.05, 3.63) is 48.0 Å². The number of carboxylic acids is 2. The van der Waals surface area contributed by atoms with Crippen LogP contribution in [0.1, 0.15) is 17.5 Å². The lowest BCUT2D eigenvalue weighted by Gasteiger charge is -2.37. The molecule has 0 unspecified atom stereocenters. The number of hydrogen-bond donors (Lipinski definition) is 2. The number of pyridine rings is 1. The van der Waals surface area contributed by atoms with E-state index in [1.807, 2.05) is 31.7 Å². The van der Waals surface area contributed by atoms with E-state index in [0.717, 1.165) is 57.2 Å². The smallest absolute Gasteiger partial charge is 0.475 e. The highest BCUT2D eigenvalue weighted by molar-refractivity contribution is 5.73. The van der Waals surface area contributed by atoms with Gasteiger partial charge in [-0.3, -0.25) is 9.88 Å². The van der Waals surface area contributed by atoms with Gasteiger partial charge in [0.1, 0.15) is 0 Å². The van der Waals surface area contributed by atoms with Crippen molar-refractivity contribution in [3.8, 4) is 0 Å². The molecule has 2 aromatic rings. The van der Waals surface area contributed by atoms with Gasteiger partial charge in [-0.1, -0.05) is 0 Å². The first kappa shape index (κ1) is 31.7. The molecule has 0 spiro atoms. The molecule has 216 valence electrons. The van der Waals surface area contributed by atoms with E-state index in [4.69, 9.17) is 24.5 Å². The number of anilines is 1. The molecule has 2 atom stereocenters. The Balaban J connectivity index is 0.000000317. The van der Waals surface area contributed by atoms with Crippen LogP contribution in [0, 0.1) is 6.92 Å². The summed E-state index contributed by atoms with van der Waals surface area (Å²) < 4.78 is 69.0. The predicted octanol–water partition coefficient (Wildman–Crippen LogP) is 2.97. The number of morpholine rings is 1. The highest BCUT2D eigenvalue weighted by Crippen LogP contribution is 2.29. The molecular weight excluding hydrogens is 540 g/mol. The fourth-order valence-corrected chi connectivity index (χ4v) is 3.96. The maximum Gasteiger partial charge on any atom is 0.490 e. The highest BCUT2D eigenvalue weighted by atomic mass is 19.4. The van der Waals surface area contributed by atoms with Crippen molar-refractivity contribution < 1.29 is 50.9 Å². The average molecular weight is 567 g/mol. The second-order valence-electron chi connectivity index (χ2n) is 8.49. The van der Waals surface area contributed by atoms with Crippen molar-refractivity contribution in [2.45, 2.75) is 44.2 Å². The first-order valence-corrected chi connectivity index (χ1v) is 11.6. The minimum atomic E-state index is -5.08. The van der Waals surface area contributed by atoms with Gasteiger partial charge in [-0.05, 0) is 43.0 Å². The summed E-state index contributed by atoms with van der Waals surface area (Å²) in [5.41, 5.74) is 2.41. The largest absolute Gasteiger partial charge is 0.490 e. The lowest BCUT2D eigenvalue weighted by Crippen LogP contribution is -2.50. The van der Waals surface area contributed by atoms with Crippen molar-refractivity contribution in [1.29, 1.82) is 0 Å². The Morgan fingerprint density at radius 2 is 1.44 bits per heavy atom. The number of ether oxygens (including phenoxy) is 1. The van der Waals surface area contributed by atoms with Gasteiger partial charge in [0.05, 0.1) is 19.3 Å². The number of halogens is 6. The van der Waals surface area contributed by atoms with E-state index in [0.29, 0.717) is 12.1 Å². The summed E-state index contributed by atoms with van der Waals surface area (Å²) in [6.07, 6.45) is -0.460. The van der Waals surface area contributed by atoms with E-state index in [-0.39, 0.29) is 0 Å². The van der Waals surface area contributed by atoms with Gasteiger partial charge >= 0.3 is 24.3 Å². The van der Waals surface area contributed by atoms with Crippen LogP contribution >= 0.6 is 0 Å². The summed E-state index contributed by atoms with van der Waals surface area (Å²) in [6, 6.07) is 5.12. The Bertz CT molecular complexity index is 1030. The van der Waals surface area contributed by atoms with Crippen molar-refractivity contribution in [2.75, 3.05) is 37.7 Å². The van der Waals surface area contributed by atoms with Crippen LogP contribution in [0.3, 0.4) is 0 Å². The molecule has 0 amide bonds. The minimum Gasteiger partial charge on any atom is -0.475 e. The molecule has 2 saturated heterocycles. The number of hydrogen-bond acceptors (Lipinski definition) is 8. The third-order valence-corrected chi connectivity index (χ3v) is 5.73. The summed E-state index contributed by atoms with van der Waals surface area (Å²) >= 11 is 0. The summed E-state index contributed by atoms with van der Waals surface area (Å²) in [5.74, 6) is -4.67. The molecule has 39 heavy (non-hydrogen) atoms. The van der Waals surface area contributed by atoms with E-state index < -0.39 is 24.3 Å². The summed E-state index contributed by atoms with van der Waals surface area (Å²) in [7, 11) is 0. The van der Waals surface area contributed by atoms with E-state index in [2.05, 4.69) is 36.9 Å². The standard InChI is InChI=1S/C19H25N5O.2C2HF3O2/c1-15-13-21-19(22-14-15)24-7-4-17(23-8-10-25-11-9-23)18(24)12-16-2-5-20-6-3-16;2*3-2(4,5)1(6)7/h2-3,5-6,13-14,17-18H,4,7-12H2,1H3;2*(H,6,7)/t17-,18+;;/m1../s1. The van der Waals surface area contributed by atoms with E-state index in [9.17, 15) is 26.3 Å². The molecule has 0 bridgehead atoms. The maximum absolute atomic E-state index is 10.6. The predicted molar refractivity (Wildman–Crippen MR) is 124 cm³/mol. The van der Waals surface area contributed by atoms with Gasteiger partial charge in [0, 0.05) is 50.5 Å². The van der Waals surface area contributed by atoms with E-state index in [1.54, 1.807) is 0 Å². The molecular formula is C23H27F6N5O5. The zero-order chi connectivity index (χ0) is 29.2. The number of rotatable bonds is 4. The third kappa shape index (κ3) is 10.3. The Morgan fingerprint density at radius 3 is 1.90 bits per heavy atom. The molecule has 4 rings (SSSR count). The first-order valence-electron chi connectivity index (χ1n) is 11.6. The number of aryl methyl sites for hydroxylation is 1. The first-order chi connectivity index (χ1) is 18.2. The molecule has 2 aromatic heterocycles. The van der Waals surface area contributed by atoms with Gasteiger partial charge in [-0.25, -0.2) is 19.6 Å². The maximum atomic E-state index is 10.6. The van der Waals surface area contributed by atoms with Gasteiger partial charge in [-0.15, -0.1) is 0 Å². The molecule has 10 nitrogen and oxygen atoms in total. The van der Waals surface area contributed by atoms with Crippen LogP contribution in [0.2, 0.25) is 0 Å². The lowest BCUT2D eigenvalue weighted by atomic mass is 9.99. The van der Waals surface area contributed by atoms with Crippen LogP contribution in [0.4, 0.5) is 32.3 Å². The minimum absolute atomic E-state index is 0.378. The molecule has 0 saturated carbocycles. The second-order valence-corrected chi connectivity index (χ2v) is 8.49. The highest BCUT2D eigenvalue weighted by Gasteiger charge is 2.40. The SMILES string of the molecule is Cc1cnc(N2CC[C@@H](N3CCOCC3)[C@@H]2Cc2ccncc2)nc1.O=C(O)C(F)(F)F.O=C(O)C(F)(F)F. The molecule has 2 N–H and O–H groups in total. The van der Waals surface area contributed by atoms with Gasteiger partial charge in [0.2, 0.25) is 5.95 Å². The number of carbonyl (C=O) groups is 2. The summed E-state index contributed by atoms with van der Waals surface area (Å²) in [4.78, 5) is 36.1. The van der Waals surface area contributed by atoms with Crippen LogP contribution < -0.4 is 4.90 Å². The number of carboxylic acid groups (broad SMARTS) is 2. The number of aliphatic carboxylic acids is 2. The molecule has 2 aliphatic rings. The zero-order valence-electron chi connectivity index (χ0n) is 20.7. The van der Waals surface area contributed by atoms with Gasteiger partial charge in [0.15, 0.2) is 0 Å². The van der Waals surface area contributed by atoms with Crippen LogP contribution in [0.15, 0.2) is 36.9 Å². The monoisotopic (exact) mass is 567 g/mol. The van der Waals surface area contributed by atoms with E-state index in [1.165, 1.54) is 5.56 Å². The summed E-state index contributed by atoms with van der Waals surface area (Å²) in [5, 5.41) is 14.2. The lowest BCUT2D eigenvalue weighted by molar-refractivity contribution is -0.193. The third-order valence-electron chi connectivity index (χ3n) is 5.73. The van der Waals surface area contributed by atoms with Crippen molar-refractivity contribution in [1.82, 2.24) is 19.9 Å². The average Bonchev–Trinajstić information content (AvgIpc) is 3.28. The fraction of sp³-hybridized carbons (Fsp3) is 0.522. The van der Waals surface area contributed by atoms with E-state index >= 15 is 0 Å². The second kappa shape index (κ2) is 14.0. The van der Waals surface area contributed by atoms with Crippen LogP contribution in [0.5, 0.6) is 0 Å². The molecule has 0 radical (unpaired) electrons. The van der Waals surface area contributed by atoms with Gasteiger partial charge < -0.3 is 19.8 Å². The van der Waals surface area contributed by atoms with Crippen molar-refractivity contribution >= 4 is 17.9 Å². The van der Waals surface area contributed by atoms with Crippen molar-refractivity contribution in [3.63, 3.8) is 0 Å². The molecule has 2 fully saturated rings. The van der Waals surface area contributed by atoms with Gasteiger partial charge in [-0.2, -0.15) is 26.3 Å². The topological polar surface area (TPSA) is 129 Å². The molecule has 0 aromatic carbocycles.